The summed E-state index contributed by atoms with van der Waals surface area (Å²) in [6, 6.07) is 3.96. The Balaban J connectivity index is 2.55. The number of aromatic nitrogens is 1. The second-order valence-corrected chi connectivity index (χ2v) is 4.43. The van der Waals surface area contributed by atoms with E-state index in [1.54, 1.807) is 0 Å². The normalized spacial score (nSPS) is 10.9. The summed E-state index contributed by atoms with van der Waals surface area (Å²) >= 11 is 5.87. The van der Waals surface area contributed by atoms with Crippen molar-refractivity contribution in [2.24, 2.45) is 0 Å². The molecule has 18 heavy (non-hydrogen) atoms. The van der Waals surface area contributed by atoms with Gasteiger partial charge in [-0.1, -0.05) is 20.8 Å². The van der Waals surface area contributed by atoms with Gasteiger partial charge in [-0.2, -0.15) is 0 Å². The number of alkyl halides is 1. The lowest BCUT2D eigenvalue weighted by atomic mass is 10.2. The van der Waals surface area contributed by atoms with Crippen molar-refractivity contribution in [1.29, 1.82) is 0 Å². The highest BCUT2D eigenvalue weighted by atomic mass is 35.5. The topological polar surface area (TPSA) is 25.4 Å². The largest absolute Gasteiger partial charge is 0.476 e. The van der Waals surface area contributed by atoms with Crippen LogP contribution in [0, 0.1) is 0 Å². The van der Waals surface area contributed by atoms with Crippen LogP contribution in [0.5, 0.6) is 5.88 Å². The summed E-state index contributed by atoms with van der Waals surface area (Å²) in [5.74, 6) is 1.19. The quantitative estimate of drug-likeness (QED) is 0.679. The molecule has 1 heterocycles. The number of rotatable bonds is 8. The van der Waals surface area contributed by atoms with E-state index in [1.807, 2.05) is 12.1 Å². The molecule has 0 aliphatic rings. The van der Waals surface area contributed by atoms with Gasteiger partial charge in [0.1, 0.15) is 6.61 Å². The van der Waals surface area contributed by atoms with Gasteiger partial charge in [0.25, 0.3) is 0 Å². The monoisotopic (exact) mass is 270 g/mol. The maximum Gasteiger partial charge on any atom is 0.213 e. The zero-order valence-electron chi connectivity index (χ0n) is 11.6. The summed E-state index contributed by atoms with van der Waals surface area (Å²) in [6.07, 6.45) is 0.900. The van der Waals surface area contributed by atoms with Crippen molar-refractivity contribution in [2.45, 2.75) is 33.1 Å². The lowest BCUT2D eigenvalue weighted by molar-refractivity contribution is 0.217. The summed E-state index contributed by atoms with van der Waals surface area (Å²) in [6.45, 7) is 10.1. The fraction of sp³-hybridized carbons (Fsp3) is 0.643. The lowest BCUT2D eigenvalue weighted by Crippen LogP contribution is -2.28. The van der Waals surface area contributed by atoms with Gasteiger partial charge < -0.3 is 9.64 Å². The Bertz CT molecular complexity index is 331. The molecule has 0 aromatic carbocycles. The van der Waals surface area contributed by atoms with E-state index >= 15 is 0 Å². The zero-order chi connectivity index (χ0) is 13.4. The average molecular weight is 271 g/mol. The molecule has 0 amide bonds. The summed E-state index contributed by atoms with van der Waals surface area (Å²) in [5.41, 5.74) is 2.10. The molecule has 4 heteroatoms. The number of pyridine rings is 1. The van der Waals surface area contributed by atoms with Crippen LogP contribution in [-0.4, -0.2) is 36.1 Å². The van der Waals surface area contributed by atoms with E-state index in [4.69, 9.17) is 16.3 Å². The minimum absolute atomic E-state index is 0.502. The Labute approximate surface area is 115 Å². The molecule has 0 N–H and O–H groups in total. The Morgan fingerprint density at radius 2 is 1.94 bits per heavy atom. The molecule has 0 spiro atoms. The number of nitrogens with zero attached hydrogens (tertiary/aromatic N) is 2. The molecular weight excluding hydrogens is 248 g/mol. The first-order chi connectivity index (χ1) is 8.73. The van der Waals surface area contributed by atoms with E-state index in [0.717, 1.165) is 37.3 Å². The van der Waals surface area contributed by atoms with Crippen LogP contribution in [0.15, 0.2) is 12.1 Å². The summed E-state index contributed by atoms with van der Waals surface area (Å²) in [4.78, 5) is 6.77. The van der Waals surface area contributed by atoms with Crippen molar-refractivity contribution in [3.05, 3.63) is 23.4 Å². The summed E-state index contributed by atoms with van der Waals surface area (Å²) in [7, 11) is 0. The number of ether oxygens (including phenoxy) is 1. The average Bonchev–Trinajstić information content (AvgIpc) is 2.43. The fourth-order valence-corrected chi connectivity index (χ4v) is 1.93. The maximum atomic E-state index is 5.87. The standard InChI is InChI=1S/C14H23ClN2O/c1-4-13-9-12(11-15)10-14(16-13)18-8-7-17(5-2)6-3/h9-10H,4-8,11H2,1-3H3. The van der Waals surface area contributed by atoms with Crippen LogP contribution >= 0.6 is 11.6 Å². The van der Waals surface area contributed by atoms with Crippen molar-refractivity contribution in [3.8, 4) is 5.88 Å². The second kappa shape index (κ2) is 8.33. The third kappa shape index (κ3) is 4.83. The summed E-state index contributed by atoms with van der Waals surface area (Å²) < 4.78 is 5.71. The van der Waals surface area contributed by atoms with E-state index < -0.39 is 0 Å². The molecule has 0 saturated heterocycles. The van der Waals surface area contributed by atoms with Gasteiger partial charge in [-0.3, -0.25) is 0 Å². The highest BCUT2D eigenvalue weighted by Gasteiger charge is 2.04. The van der Waals surface area contributed by atoms with E-state index in [9.17, 15) is 0 Å². The van der Waals surface area contributed by atoms with E-state index in [0.29, 0.717) is 18.4 Å². The van der Waals surface area contributed by atoms with Crippen molar-refractivity contribution in [1.82, 2.24) is 9.88 Å². The number of hydrogen-bond acceptors (Lipinski definition) is 3. The molecule has 0 aliphatic heterocycles. The van der Waals surface area contributed by atoms with Gasteiger partial charge in [0, 0.05) is 24.2 Å². The predicted molar refractivity (Wildman–Crippen MR) is 76.5 cm³/mol. The molecule has 0 saturated carbocycles. The van der Waals surface area contributed by atoms with Gasteiger partial charge in [-0.15, -0.1) is 11.6 Å². The first-order valence-electron chi connectivity index (χ1n) is 6.64. The summed E-state index contributed by atoms with van der Waals surface area (Å²) in [5, 5.41) is 0. The van der Waals surface area contributed by atoms with Crippen molar-refractivity contribution >= 4 is 11.6 Å². The Morgan fingerprint density at radius 1 is 1.22 bits per heavy atom. The van der Waals surface area contributed by atoms with Crippen LogP contribution in [-0.2, 0) is 12.3 Å². The third-order valence-electron chi connectivity index (χ3n) is 2.98. The van der Waals surface area contributed by atoms with Crippen LogP contribution < -0.4 is 4.74 Å². The Morgan fingerprint density at radius 3 is 2.50 bits per heavy atom. The van der Waals surface area contributed by atoms with Crippen LogP contribution in [0.1, 0.15) is 32.0 Å². The highest BCUT2D eigenvalue weighted by molar-refractivity contribution is 6.17. The van der Waals surface area contributed by atoms with Gasteiger partial charge in [0.05, 0.1) is 0 Å². The molecule has 0 bridgehead atoms. The number of aryl methyl sites for hydroxylation is 1. The van der Waals surface area contributed by atoms with Crippen LogP contribution in [0.25, 0.3) is 0 Å². The minimum Gasteiger partial charge on any atom is -0.476 e. The van der Waals surface area contributed by atoms with E-state index in [1.165, 1.54) is 0 Å². The van der Waals surface area contributed by atoms with Crippen LogP contribution in [0.3, 0.4) is 0 Å². The number of halogens is 1. The van der Waals surface area contributed by atoms with E-state index in [2.05, 4.69) is 30.7 Å². The maximum absolute atomic E-state index is 5.87. The molecule has 3 nitrogen and oxygen atoms in total. The molecule has 0 unspecified atom stereocenters. The van der Waals surface area contributed by atoms with Gasteiger partial charge in [-0.25, -0.2) is 4.98 Å². The van der Waals surface area contributed by atoms with Crippen LogP contribution in [0.2, 0.25) is 0 Å². The van der Waals surface area contributed by atoms with Crippen molar-refractivity contribution in [2.75, 3.05) is 26.2 Å². The number of hydrogen-bond donors (Lipinski definition) is 0. The lowest BCUT2D eigenvalue weighted by Gasteiger charge is -2.18. The minimum atomic E-state index is 0.502. The van der Waals surface area contributed by atoms with E-state index in [-0.39, 0.29) is 0 Å². The van der Waals surface area contributed by atoms with Gasteiger partial charge in [0.2, 0.25) is 5.88 Å². The third-order valence-corrected chi connectivity index (χ3v) is 3.29. The first-order valence-corrected chi connectivity index (χ1v) is 7.17. The molecule has 1 aromatic rings. The molecule has 1 aromatic heterocycles. The molecule has 0 aliphatic carbocycles. The Hall–Kier alpha value is -0.800. The van der Waals surface area contributed by atoms with Gasteiger partial charge in [0.15, 0.2) is 0 Å². The SMILES string of the molecule is CCc1cc(CCl)cc(OCCN(CC)CC)n1. The molecule has 0 fully saturated rings. The van der Waals surface area contributed by atoms with Gasteiger partial charge >= 0.3 is 0 Å². The molecule has 0 atom stereocenters. The predicted octanol–water partition coefficient (Wildman–Crippen LogP) is 3.10. The van der Waals surface area contributed by atoms with Crippen molar-refractivity contribution < 1.29 is 4.74 Å². The first kappa shape index (κ1) is 15.3. The molecule has 0 radical (unpaired) electrons. The second-order valence-electron chi connectivity index (χ2n) is 4.17. The molecular formula is C14H23ClN2O. The zero-order valence-corrected chi connectivity index (χ0v) is 12.3. The number of likely N-dealkylation sites (N-methyl/N-ethyl adjacent to an activating group) is 1. The fourth-order valence-electron chi connectivity index (χ4n) is 1.77. The van der Waals surface area contributed by atoms with Crippen molar-refractivity contribution in [3.63, 3.8) is 0 Å². The van der Waals surface area contributed by atoms with Crippen LogP contribution in [0.4, 0.5) is 0 Å². The molecule has 1 rings (SSSR count). The molecule has 102 valence electrons. The highest BCUT2D eigenvalue weighted by Crippen LogP contribution is 2.15. The smallest absolute Gasteiger partial charge is 0.213 e. The Kier molecular flexibility index (Phi) is 7.06. The van der Waals surface area contributed by atoms with Gasteiger partial charge in [-0.05, 0) is 31.1 Å².